The summed E-state index contributed by atoms with van der Waals surface area (Å²) in [7, 11) is -3.25. The van der Waals surface area contributed by atoms with Gasteiger partial charge < -0.3 is 15.5 Å². The second kappa shape index (κ2) is 6.44. The van der Waals surface area contributed by atoms with Gasteiger partial charge in [-0.2, -0.15) is 0 Å². The lowest BCUT2D eigenvalue weighted by Crippen LogP contribution is -2.41. The molecule has 7 nitrogen and oxygen atoms in total. The summed E-state index contributed by atoms with van der Waals surface area (Å²) < 4.78 is 21.5. The normalized spacial score (nSPS) is 13.1. The van der Waals surface area contributed by atoms with Gasteiger partial charge in [0.1, 0.15) is 15.9 Å². The third kappa shape index (κ3) is 7.18. The fourth-order valence-electron chi connectivity index (χ4n) is 0.931. The number of carbonyl (C=O) groups is 2. The molecule has 0 bridgehead atoms. The van der Waals surface area contributed by atoms with Crippen molar-refractivity contribution >= 4 is 21.7 Å². The Morgan fingerprint density at radius 2 is 1.94 bits per heavy atom. The molecule has 3 N–H and O–H groups in total. The first-order chi connectivity index (χ1) is 7.26. The molecule has 8 heteroatoms. The van der Waals surface area contributed by atoms with Gasteiger partial charge in [0.15, 0.2) is 0 Å². The SMILES string of the molecule is CS(=O)(=O)CCC(=O)N[C@H](CCO)C(=O)O. The summed E-state index contributed by atoms with van der Waals surface area (Å²) >= 11 is 0. The number of rotatable bonds is 7. The van der Waals surface area contributed by atoms with Crippen LogP contribution in [0.5, 0.6) is 0 Å². The smallest absolute Gasteiger partial charge is 0.326 e. The lowest BCUT2D eigenvalue weighted by Gasteiger charge is -2.12. The molecule has 0 rings (SSSR count). The molecule has 0 aromatic heterocycles. The van der Waals surface area contributed by atoms with E-state index in [0.717, 1.165) is 6.26 Å². The number of carboxylic acids is 1. The summed E-state index contributed by atoms with van der Waals surface area (Å²) in [5, 5.41) is 19.3. The Morgan fingerprint density at radius 1 is 1.38 bits per heavy atom. The Hall–Kier alpha value is -1.15. The molecule has 94 valence electrons. The van der Waals surface area contributed by atoms with Crippen LogP contribution >= 0.6 is 0 Å². The van der Waals surface area contributed by atoms with Gasteiger partial charge in [-0.3, -0.25) is 4.79 Å². The maximum absolute atomic E-state index is 11.2. The number of aliphatic carboxylic acids is 1. The van der Waals surface area contributed by atoms with E-state index >= 15 is 0 Å². The van der Waals surface area contributed by atoms with Gasteiger partial charge in [0.05, 0.1) is 5.75 Å². The summed E-state index contributed by atoms with van der Waals surface area (Å²) in [5.74, 6) is -2.25. The van der Waals surface area contributed by atoms with E-state index in [9.17, 15) is 18.0 Å². The van der Waals surface area contributed by atoms with Crippen LogP contribution in [-0.2, 0) is 19.4 Å². The topological polar surface area (TPSA) is 121 Å². The molecule has 0 aromatic rings. The predicted molar refractivity (Wildman–Crippen MR) is 55.6 cm³/mol. The minimum atomic E-state index is -3.25. The van der Waals surface area contributed by atoms with E-state index in [1.54, 1.807) is 0 Å². The maximum Gasteiger partial charge on any atom is 0.326 e. The van der Waals surface area contributed by atoms with Crippen LogP contribution in [0.3, 0.4) is 0 Å². The average Bonchev–Trinajstić information content (AvgIpc) is 2.13. The summed E-state index contributed by atoms with van der Waals surface area (Å²) in [4.78, 5) is 21.7. The highest BCUT2D eigenvalue weighted by molar-refractivity contribution is 7.90. The number of carboxylic acid groups (broad SMARTS) is 1. The van der Waals surface area contributed by atoms with Gasteiger partial charge in [0.25, 0.3) is 0 Å². The Morgan fingerprint density at radius 3 is 2.31 bits per heavy atom. The molecule has 0 unspecified atom stereocenters. The minimum absolute atomic E-state index is 0.111. The van der Waals surface area contributed by atoms with E-state index in [1.807, 2.05) is 0 Å². The van der Waals surface area contributed by atoms with Crippen molar-refractivity contribution in [3.63, 3.8) is 0 Å². The van der Waals surface area contributed by atoms with Crippen molar-refractivity contribution in [2.75, 3.05) is 18.6 Å². The van der Waals surface area contributed by atoms with Crippen molar-refractivity contribution in [3.05, 3.63) is 0 Å². The van der Waals surface area contributed by atoms with E-state index in [2.05, 4.69) is 5.32 Å². The van der Waals surface area contributed by atoms with Crippen molar-refractivity contribution in [3.8, 4) is 0 Å². The largest absolute Gasteiger partial charge is 0.480 e. The summed E-state index contributed by atoms with van der Waals surface area (Å²) in [6.45, 7) is -0.372. The number of hydrogen-bond donors (Lipinski definition) is 3. The monoisotopic (exact) mass is 253 g/mol. The number of hydrogen-bond acceptors (Lipinski definition) is 5. The lowest BCUT2D eigenvalue weighted by molar-refractivity contribution is -0.142. The molecule has 0 aliphatic heterocycles. The molecule has 0 spiro atoms. The Labute approximate surface area is 93.4 Å². The molecule has 0 aliphatic carbocycles. The molecule has 16 heavy (non-hydrogen) atoms. The molecule has 1 atom stereocenters. The highest BCUT2D eigenvalue weighted by atomic mass is 32.2. The Balaban J connectivity index is 4.15. The first kappa shape index (κ1) is 14.8. The second-order valence-electron chi connectivity index (χ2n) is 3.35. The van der Waals surface area contributed by atoms with E-state index in [4.69, 9.17) is 10.2 Å². The van der Waals surface area contributed by atoms with Crippen molar-refractivity contribution in [2.45, 2.75) is 18.9 Å². The number of nitrogens with one attached hydrogen (secondary N) is 1. The highest BCUT2D eigenvalue weighted by Gasteiger charge is 2.19. The van der Waals surface area contributed by atoms with Crippen molar-refractivity contribution in [1.29, 1.82) is 0 Å². The molecule has 0 saturated heterocycles. The van der Waals surface area contributed by atoms with Crippen LogP contribution in [0, 0.1) is 0 Å². The van der Waals surface area contributed by atoms with Gasteiger partial charge in [0.2, 0.25) is 5.91 Å². The van der Waals surface area contributed by atoms with Crippen molar-refractivity contribution < 1.29 is 28.2 Å². The number of aliphatic hydroxyl groups excluding tert-OH is 1. The molecule has 0 aromatic carbocycles. The van der Waals surface area contributed by atoms with E-state index in [-0.39, 0.29) is 25.2 Å². The van der Waals surface area contributed by atoms with Crippen LogP contribution < -0.4 is 5.32 Å². The van der Waals surface area contributed by atoms with Gasteiger partial charge in [0, 0.05) is 25.7 Å². The fourth-order valence-corrected chi connectivity index (χ4v) is 1.49. The van der Waals surface area contributed by atoms with E-state index in [0.29, 0.717) is 0 Å². The van der Waals surface area contributed by atoms with Gasteiger partial charge in [-0.05, 0) is 0 Å². The minimum Gasteiger partial charge on any atom is -0.480 e. The third-order valence-electron chi connectivity index (χ3n) is 1.75. The molecule has 0 fully saturated rings. The molecular formula is C8H15NO6S. The summed E-state index contributed by atoms with van der Waals surface area (Å²) in [6, 6.07) is -1.18. The van der Waals surface area contributed by atoms with Gasteiger partial charge in [-0.15, -0.1) is 0 Å². The molecule has 0 heterocycles. The molecular weight excluding hydrogens is 238 g/mol. The summed E-state index contributed by atoms with van der Waals surface area (Å²) in [5.41, 5.74) is 0. The molecule has 0 aliphatic rings. The lowest BCUT2D eigenvalue weighted by atomic mass is 10.2. The molecule has 0 saturated carbocycles. The van der Waals surface area contributed by atoms with Crippen molar-refractivity contribution in [2.24, 2.45) is 0 Å². The first-order valence-corrected chi connectivity index (χ1v) is 6.63. The number of sulfone groups is 1. The van der Waals surface area contributed by atoms with Crippen LogP contribution in [0.15, 0.2) is 0 Å². The van der Waals surface area contributed by atoms with Crippen LogP contribution in [0.2, 0.25) is 0 Å². The van der Waals surface area contributed by atoms with Crippen molar-refractivity contribution in [1.82, 2.24) is 5.32 Å². The van der Waals surface area contributed by atoms with Crippen LogP contribution in [0.4, 0.5) is 0 Å². The predicted octanol–water partition coefficient (Wildman–Crippen LogP) is -1.63. The van der Waals surface area contributed by atoms with Crippen LogP contribution in [-0.4, -0.2) is 55.2 Å². The summed E-state index contributed by atoms with van der Waals surface area (Å²) in [6.07, 6.45) is 0.594. The Bertz CT molecular complexity index is 350. The standard InChI is InChI=1S/C8H15NO6S/c1-16(14,15)5-3-7(11)9-6(2-4-10)8(12)13/h6,10H,2-5H2,1H3,(H,9,11)(H,12,13)/t6-/m1/s1. The maximum atomic E-state index is 11.2. The van der Waals surface area contributed by atoms with E-state index in [1.165, 1.54) is 0 Å². The zero-order chi connectivity index (χ0) is 12.8. The van der Waals surface area contributed by atoms with Gasteiger partial charge in [-0.25, -0.2) is 13.2 Å². The van der Waals surface area contributed by atoms with Gasteiger partial charge >= 0.3 is 5.97 Å². The van der Waals surface area contributed by atoms with Crippen LogP contribution in [0.25, 0.3) is 0 Å². The highest BCUT2D eigenvalue weighted by Crippen LogP contribution is 1.94. The molecule has 0 radical (unpaired) electrons. The zero-order valence-electron chi connectivity index (χ0n) is 8.84. The van der Waals surface area contributed by atoms with Gasteiger partial charge in [-0.1, -0.05) is 0 Å². The fraction of sp³-hybridized carbons (Fsp3) is 0.750. The zero-order valence-corrected chi connectivity index (χ0v) is 9.66. The average molecular weight is 253 g/mol. The van der Waals surface area contributed by atoms with E-state index < -0.39 is 27.8 Å². The second-order valence-corrected chi connectivity index (χ2v) is 5.61. The number of aliphatic hydroxyl groups is 1. The first-order valence-electron chi connectivity index (χ1n) is 4.57. The number of carbonyl (C=O) groups excluding carboxylic acids is 1. The quantitative estimate of drug-likeness (QED) is 0.501. The molecule has 1 amide bonds. The van der Waals surface area contributed by atoms with Crippen LogP contribution in [0.1, 0.15) is 12.8 Å². The number of amides is 1. The Kier molecular flexibility index (Phi) is 5.97. The third-order valence-corrected chi connectivity index (χ3v) is 2.70.